The molecular formula is C12H16Cl2N2O2. The maximum Gasteiger partial charge on any atom is 0.261 e. The molecule has 1 heterocycles. The molecule has 6 heteroatoms. The maximum absolute atomic E-state index is 11.8. The van der Waals surface area contributed by atoms with Gasteiger partial charge in [0.05, 0.1) is 0 Å². The van der Waals surface area contributed by atoms with Crippen molar-refractivity contribution in [3.8, 4) is 5.75 Å². The smallest absolute Gasteiger partial charge is 0.261 e. The number of carbonyl (C=O) groups is 1. The van der Waals surface area contributed by atoms with Gasteiger partial charge in [-0.05, 0) is 30.8 Å². The molecule has 100 valence electrons. The van der Waals surface area contributed by atoms with Crippen molar-refractivity contribution >= 4 is 29.9 Å². The molecule has 0 saturated heterocycles. The van der Waals surface area contributed by atoms with E-state index in [2.05, 4.69) is 10.6 Å². The minimum atomic E-state index is -0.430. The number of likely N-dealkylation sites (N-methyl/N-ethyl adjacent to an activating group) is 1. The number of ether oxygens (including phenoxy) is 1. The highest BCUT2D eigenvalue weighted by molar-refractivity contribution is 6.30. The van der Waals surface area contributed by atoms with Crippen molar-refractivity contribution in [2.24, 2.45) is 0 Å². The number of carbonyl (C=O) groups excluding carboxylic acids is 1. The third kappa shape index (κ3) is 3.51. The van der Waals surface area contributed by atoms with Crippen LogP contribution in [0.25, 0.3) is 0 Å². The van der Waals surface area contributed by atoms with Crippen molar-refractivity contribution in [2.45, 2.75) is 12.5 Å². The standard InChI is InChI=1S/C12H15ClN2O2.ClH/c1-14-4-5-15-12(16)11-7-8-6-9(13)2-3-10(8)17-11;/h2-3,6,11,14H,4-5,7H2,1H3,(H,15,16);1H. The molecule has 1 aliphatic rings. The van der Waals surface area contributed by atoms with Gasteiger partial charge in [-0.25, -0.2) is 0 Å². The van der Waals surface area contributed by atoms with E-state index < -0.39 is 6.10 Å². The molecule has 2 N–H and O–H groups in total. The molecule has 0 fully saturated rings. The molecule has 0 spiro atoms. The van der Waals surface area contributed by atoms with Crippen LogP contribution in [-0.2, 0) is 11.2 Å². The van der Waals surface area contributed by atoms with Gasteiger partial charge in [0.1, 0.15) is 5.75 Å². The second-order valence-corrected chi connectivity index (χ2v) is 4.39. The first-order valence-corrected chi connectivity index (χ1v) is 5.96. The summed E-state index contributed by atoms with van der Waals surface area (Å²) in [5.74, 6) is 0.677. The Morgan fingerprint density at radius 1 is 1.50 bits per heavy atom. The average Bonchev–Trinajstić information content (AvgIpc) is 2.72. The molecule has 1 aromatic rings. The molecule has 0 aliphatic carbocycles. The Morgan fingerprint density at radius 2 is 2.28 bits per heavy atom. The largest absolute Gasteiger partial charge is 0.480 e. The summed E-state index contributed by atoms with van der Waals surface area (Å²) in [6.45, 7) is 1.35. The molecule has 0 aromatic heterocycles. The first-order valence-electron chi connectivity index (χ1n) is 5.58. The Hall–Kier alpha value is -0.970. The van der Waals surface area contributed by atoms with Crippen LogP contribution in [0.1, 0.15) is 5.56 Å². The van der Waals surface area contributed by atoms with E-state index in [0.29, 0.717) is 18.0 Å². The summed E-state index contributed by atoms with van der Waals surface area (Å²) in [5, 5.41) is 6.45. The van der Waals surface area contributed by atoms with Crippen molar-refractivity contribution in [1.29, 1.82) is 0 Å². The second kappa shape index (κ2) is 6.83. The van der Waals surface area contributed by atoms with Crippen LogP contribution in [-0.4, -0.2) is 32.1 Å². The molecular weight excluding hydrogens is 275 g/mol. The van der Waals surface area contributed by atoms with Crippen LogP contribution < -0.4 is 15.4 Å². The van der Waals surface area contributed by atoms with Gasteiger partial charge < -0.3 is 15.4 Å². The molecule has 1 aromatic carbocycles. The lowest BCUT2D eigenvalue weighted by atomic mass is 10.1. The zero-order valence-electron chi connectivity index (χ0n) is 10.0. The zero-order valence-corrected chi connectivity index (χ0v) is 11.6. The number of hydrogen-bond acceptors (Lipinski definition) is 3. The molecule has 1 atom stereocenters. The fourth-order valence-electron chi connectivity index (χ4n) is 1.79. The van der Waals surface area contributed by atoms with E-state index in [1.807, 2.05) is 13.1 Å². The van der Waals surface area contributed by atoms with Gasteiger partial charge in [0.2, 0.25) is 0 Å². The van der Waals surface area contributed by atoms with Gasteiger partial charge in [0, 0.05) is 24.5 Å². The van der Waals surface area contributed by atoms with Crippen molar-refractivity contribution in [3.63, 3.8) is 0 Å². The Kier molecular flexibility index (Phi) is 5.72. The lowest BCUT2D eigenvalue weighted by molar-refractivity contribution is -0.127. The minimum absolute atomic E-state index is 0. The number of benzene rings is 1. The molecule has 4 nitrogen and oxygen atoms in total. The normalized spacial score (nSPS) is 16.4. The van der Waals surface area contributed by atoms with Crippen LogP contribution in [0.5, 0.6) is 5.75 Å². The lowest BCUT2D eigenvalue weighted by Gasteiger charge is -2.10. The van der Waals surface area contributed by atoms with E-state index in [-0.39, 0.29) is 18.3 Å². The number of halogens is 2. The van der Waals surface area contributed by atoms with Crippen molar-refractivity contribution in [3.05, 3.63) is 28.8 Å². The third-order valence-corrected chi connectivity index (χ3v) is 2.90. The van der Waals surface area contributed by atoms with Gasteiger partial charge in [-0.2, -0.15) is 0 Å². The monoisotopic (exact) mass is 290 g/mol. The fraction of sp³-hybridized carbons (Fsp3) is 0.417. The second-order valence-electron chi connectivity index (χ2n) is 3.96. The number of rotatable bonds is 4. The molecule has 0 saturated carbocycles. The minimum Gasteiger partial charge on any atom is -0.480 e. The van der Waals surface area contributed by atoms with E-state index in [1.165, 1.54) is 0 Å². The Morgan fingerprint density at radius 3 is 3.00 bits per heavy atom. The van der Waals surface area contributed by atoms with Crippen LogP contribution in [0.4, 0.5) is 0 Å². The summed E-state index contributed by atoms with van der Waals surface area (Å²) in [6.07, 6.45) is 0.154. The van der Waals surface area contributed by atoms with E-state index in [0.717, 1.165) is 17.9 Å². The first-order chi connectivity index (χ1) is 8.20. The van der Waals surface area contributed by atoms with Crippen LogP contribution in [0.2, 0.25) is 5.02 Å². The number of fused-ring (bicyclic) bond motifs is 1. The third-order valence-electron chi connectivity index (χ3n) is 2.66. The highest BCUT2D eigenvalue weighted by Gasteiger charge is 2.28. The molecule has 0 bridgehead atoms. The van der Waals surface area contributed by atoms with E-state index in [9.17, 15) is 4.79 Å². The predicted molar refractivity (Wildman–Crippen MR) is 73.8 cm³/mol. The predicted octanol–water partition coefficient (Wildman–Crippen LogP) is 1.40. The van der Waals surface area contributed by atoms with Gasteiger partial charge in [0.15, 0.2) is 6.10 Å². The number of hydrogen-bond donors (Lipinski definition) is 2. The molecule has 1 amide bonds. The van der Waals surface area contributed by atoms with Gasteiger partial charge >= 0.3 is 0 Å². The fourth-order valence-corrected chi connectivity index (χ4v) is 1.98. The summed E-state index contributed by atoms with van der Waals surface area (Å²) in [7, 11) is 1.84. The van der Waals surface area contributed by atoms with E-state index in [4.69, 9.17) is 16.3 Å². The van der Waals surface area contributed by atoms with Crippen LogP contribution in [0.15, 0.2) is 18.2 Å². The maximum atomic E-state index is 11.8. The Labute approximate surface area is 117 Å². The van der Waals surface area contributed by atoms with Gasteiger partial charge in [-0.3, -0.25) is 4.79 Å². The Bertz CT molecular complexity index is 427. The number of nitrogens with one attached hydrogen (secondary N) is 2. The first kappa shape index (κ1) is 15.1. The van der Waals surface area contributed by atoms with Crippen LogP contribution >= 0.6 is 24.0 Å². The van der Waals surface area contributed by atoms with Crippen molar-refractivity contribution in [1.82, 2.24) is 10.6 Å². The topological polar surface area (TPSA) is 50.4 Å². The lowest BCUT2D eigenvalue weighted by Crippen LogP contribution is -2.40. The van der Waals surface area contributed by atoms with Crippen molar-refractivity contribution in [2.75, 3.05) is 20.1 Å². The summed E-state index contributed by atoms with van der Waals surface area (Å²) >= 11 is 5.89. The summed E-state index contributed by atoms with van der Waals surface area (Å²) in [5.41, 5.74) is 0.992. The molecule has 0 radical (unpaired) electrons. The summed E-state index contributed by atoms with van der Waals surface area (Å²) < 4.78 is 5.56. The molecule has 1 aliphatic heterocycles. The van der Waals surface area contributed by atoms with Gasteiger partial charge in [-0.15, -0.1) is 12.4 Å². The van der Waals surface area contributed by atoms with Crippen LogP contribution in [0, 0.1) is 0 Å². The van der Waals surface area contributed by atoms with Gasteiger partial charge in [-0.1, -0.05) is 11.6 Å². The van der Waals surface area contributed by atoms with E-state index in [1.54, 1.807) is 12.1 Å². The van der Waals surface area contributed by atoms with Crippen molar-refractivity contribution < 1.29 is 9.53 Å². The SMILES string of the molecule is CNCCNC(=O)C1Cc2cc(Cl)ccc2O1.Cl. The zero-order chi connectivity index (χ0) is 12.3. The van der Waals surface area contributed by atoms with Crippen LogP contribution in [0.3, 0.4) is 0 Å². The van der Waals surface area contributed by atoms with E-state index >= 15 is 0 Å². The highest BCUT2D eigenvalue weighted by Crippen LogP contribution is 2.30. The molecule has 1 unspecified atom stereocenters. The highest BCUT2D eigenvalue weighted by atomic mass is 35.5. The molecule has 18 heavy (non-hydrogen) atoms. The van der Waals surface area contributed by atoms with Gasteiger partial charge in [0.25, 0.3) is 5.91 Å². The number of amides is 1. The Balaban J connectivity index is 0.00000162. The quantitative estimate of drug-likeness (QED) is 0.825. The molecule has 2 rings (SSSR count). The average molecular weight is 291 g/mol. The summed E-state index contributed by atoms with van der Waals surface area (Å²) in [4.78, 5) is 11.8. The summed E-state index contributed by atoms with van der Waals surface area (Å²) in [6, 6.07) is 5.41.